The Bertz CT molecular complexity index is 1170. The number of nitro benzene ring substituents is 1. The number of nitro groups is 1. The van der Waals surface area contributed by atoms with Gasteiger partial charge in [0, 0.05) is 35.6 Å². The molecule has 2 amide bonds. The summed E-state index contributed by atoms with van der Waals surface area (Å²) in [6.07, 6.45) is 0.907. The number of carbonyl (C=O) groups excluding carboxylic acids is 2. The third-order valence-electron chi connectivity index (χ3n) is 5.59. The Morgan fingerprint density at radius 3 is 2.37 bits per heavy atom. The van der Waals surface area contributed by atoms with E-state index in [-0.39, 0.29) is 30.5 Å². The number of carbonyl (C=O) groups is 2. The van der Waals surface area contributed by atoms with Crippen LogP contribution in [0.4, 0.5) is 5.69 Å². The smallest absolute Gasteiger partial charge is 0.273 e. The van der Waals surface area contributed by atoms with Crippen molar-refractivity contribution in [1.29, 1.82) is 0 Å². The SMILES string of the molecule is CCCNC(=O)[C@H](Cc1ccccc1)N(Cc1cccc(Br)c1)C(=O)Cc1ccccc1[N+](=O)[O-]. The summed E-state index contributed by atoms with van der Waals surface area (Å²) in [7, 11) is 0. The summed E-state index contributed by atoms with van der Waals surface area (Å²) < 4.78 is 0.858. The third-order valence-corrected chi connectivity index (χ3v) is 6.09. The molecule has 0 unspecified atom stereocenters. The number of nitrogens with zero attached hydrogens (tertiary/aromatic N) is 2. The first-order valence-corrected chi connectivity index (χ1v) is 12.3. The zero-order valence-corrected chi connectivity index (χ0v) is 21.1. The minimum Gasteiger partial charge on any atom is -0.354 e. The molecule has 182 valence electrons. The van der Waals surface area contributed by atoms with Gasteiger partial charge in [-0.1, -0.05) is 83.5 Å². The van der Waals surface area contributed by atoms with E-state index in [9.17, 15) is 19.7 Å². The summed E-state index contributed by atoms with van der Waals surface area (Å²) in [5.41, 5.74) is 1.96. The fourth-order valence-corrected chi connectivity index (χ4v) is 4.30. The molecule has 1 N–H and O–H groups in total. The lowest BCUT2D eigenvalue weighted by atomic mass is 10.0. The molecule has 0 aromatic heterocycles. The molecule has 0 aliphatic carbocycles. The van der Waals surface area contributed by atoms with Gasteiger partial charge >= 0.3 is 0 Å². The minimum atomic E-state index is -0.779. The Morgan fingerprint density at radius 1 is 1.00 bits per heavy atom. The van der Waals surface area contributed by atoms with E-state index in [0.717, 1.165) is 22.0 Å². The lowest BCUT2D eigenvalue weighted by Crippen LogP contribution is -2.51. The van der Waals surface area contributed by atoms with Gasteiger partial charge in [-0.3, -0.25) is 19.7 Å². The highest BCUT2D eigenvalue weighted by atomic mass is 79.9. The van der Waals surface area contributed by atoms with Crippen molar-refractivity contribution < 1.29 is 14.5 Å². The number of halogens is 1. The first kappa shape index (κ1) is 26.1. The van der Waals surface area contributed by atoms with Crippen molar-refractivity contribution in [3.63, 3.8) is 0 Å². The van der Waals surface area contributed by atoms with E-state index < -0.39 is 11.0 Å². The topological polar surface area (TPSA) is 92.6 Å². The van der Waals surface area contributed by atoms with E-state index in [1.807, 2.05) is 61.5 Å². The van der Waals surface area contributed by atoms with Crippen molar-refractivity contribution in [3.05, 3.63) is 110 Å². The second-order valence-electron chi connectivity index (χ2n) is 8.21. The molecule has 0 fully saturated rings. The predicted molar refractivity (Wildman–Crippen MR) is 139 cm³/mol. The van der Waals surface area contributed by atoms with Crippen LogP contribution in [-0.2, 0) is 29.0 Å². The molecule has 0 spiro atoms. The molecule has 0 radical (unpaired) electrons. The summed E-state index contributed by atoms with van der Waals surface area (Å²) in [6, 6.07) is 22.5. The highest BCUT2D eigenvalue weighted by molar-refractivity contribution is 9.10. The Morgan fingerprint density at radius 2 is 1.69 bits per heavy atom. The van der Waals surface area contributed by atoms with Gasteiger partial charge < -0.3 is 10.2 Å². The summed E-state index contributed by atoms with van der Waals surface area (Å²) >= 11 is 3.46. The van der Waals surface area contributed by atoms with E-state index in [0.29, 0.717) is 18.5 Å². The maximum absolute atomic E-state index is 13.7. The van der Waals surface area contributed by atoms with Crippen molar-refractivity contribution in [2.45, 2.75) is 38.8 Å². The summed E-state index contributed by atoms with van der Waals surface area (Å²) in [5, 5.41) is 14.4. The Labute approximate surface area is 213 Å². The van der Waals surface area contributed by atoms with Crippen molar-refractivity contribution in [3.8, 4) is 0 Å². The fraction of sp³-hybridized carbons (Fsp3) is 0.259. The fourth-order valence-electron chi connectivity index (χ4n) is 3.85. The molecule has 3 aromatic rings. The molecule has 0 saturated heterocycles. The van der Waals surface area contributed by atoms with Crippen molar-refractivity contribution >= 4 is 33.4 Å². The number of para-hydroxylation sites is 1. The predicted octanol–water partition coefficient (Wildman–Crippen LogP) is 5.07. The number of rotatable bonds is 11. The Kier molecular flexibility index (Phi) is 9.55. The second-order valence-corrected chi connectivity index (χ2v) is 9.13. The quantitative estimate of drug-likeness (QED) is 0.273. The monoisotopic (exact) mass is 537 g/mol. The van der Waals surface area contributed by atoms with E-state index in [1.165, 1.54) is 11.0 Å². The van der Waals surface area contributed by atoms with E-state index in [1.54, 1.807) is 18.2 Å². The second kappa shape index (κ2) is 12.8. The molecule has 0 aliphatic heterocycles. The summed E-state index contributed by atoms with van der Waals surface area (Å²) in [6.45, 7) is 2.65. The van der Waals surface area contributed by atoms with Crippen LogP contribution in [0, 0.1) is 10.1 Å². The average molecular weight is 538 g/mol. The molecule has 35 heavy (non-hydrogen) atoms. The highest BCUT2D eigenvalue weighted by Crippen LogP contribution is 2.22. The van der Waals surface area contributed by atoms with Crippen molar-refractivity contribution in [2.75, 3.05) is 6.54 Å². The van der Waals surface area contributed by atoms with Gasteiger partial charge in [0.05, 0.1) is 11.3 Å². The van der Waals surface area contributed by atoms with Gasteiger partial charge in [-0.05, 0) is 29.7 Å². The van der Waals surface area contributed by atoms with E-state index >= 15 is 0 Å². The van der Waals surface area contributed by atoms with Gasteiger partial charge in [-0.25, -0.2) is 0 Å². The molecule has 0 saturated carbocycles. The molecule has 1 atom stereocenters. The first-order chi connectivity index (χ1) is 16.9. The van der Waals surface area contributed by atoms with Crippen LogP contribution in [0.25, 0.3) is 0 Å². The zero-order valence-electron chi connectivity index (χ0n) is 19.5. The van der Waals surface area contributed by atoms with E-state index in [4.69, 9.17) is 0 Å². The van der Waals surface area contributed by atoms with Gasteiger partial charge in [-0.2, -0.15) is 0 Å². The first-order valence-electron chi connectivity index (χ1n) is 11.5. The minimum absolute atomic E-state index is 0.113. The Balaban J connectivity index is 2.00. The lowest BCUT2D eigenvalue weighted by Gasteiger charge is -2.31. The van der Waals surface area contributed by atoms with Gasteiger partial charge in [-0.15, -0.1) is 0 Å². The molecular weight excluding hydrogens is 510 g/mol. The van der Waals surface area contributed by atoms with Crippen molar-refractivity contribution in [1.82, 2.24) is 10.2 Å². The number of nitrogens with one attached hydrogen (secondary N) is 1. The number of hydrogen-bond donors (Lipinski definition) is 1. The third kappa shape index (κ3) is 7.48. The molecule has 8 heteroatoms. The number of hydrogen-bond acceptors (Lipinski definition) is 4. The van der Waals surface area contributed by atoms with Crippen LogP contribution in [0.3, 0.4) is 0 Å². The Hall–Kier alpha value is -3.52. The van der Waals surface area contributed by atoms with Crippen LogP contribution in [-0.4, -0.2) is 34.2 Å². The highest BCUT2D eigenvalue weighted by Gasteiger charge is 2.31. The lowest BCUT2D eigenvalue weighted by molar-refractivity contribution is -0.385. The van der Waals surface area contributed by atoms with Crippen LogP contribution < -0.4 is 5.32 Å². The zero-order chi connectivity index (χ0) is 25.2. The maximum Gasteiger partial charge on any atom is 0.273 e. The van der Waals surface area contributed by atoms with Crippen LogP contribution in [0.2, 0.25) is 0 Å². The number of benzene rings is 3. The van der Waals surface area contributed by atoms with Gasteiger partial charge in [0.25, 0.3) is 5.69 Å². The molecule has 7 nitrogen and oxygen atoms in total. The molecule has 3 aromatic carbocycles. The normalized spacial score (nSPS) is 11.5. The molecule has 0 aliphatic rings. The standard InChI is InChI=1S/C27H28BrN3O4/c1-2-15-29-27(33)25(17-20-9-4-3-5-10-20)30(19-21-11-8-13-23(28)16-21)26(32)18-22-12-6-7-14-24(22)31(34)35/h3-14,16,25H,2,15,17-19H2,1H3,(H,29,33)/t25-/m0/s1. The van der Waals surface area contributed by atoms with Crippen LogP contribution in [0.5, 0.6) is 0 Å². The molecular formula is C27H28BrN3O4. The molecule has 3 rings (SSSR count). The van der Waals surface area contributed by atoms with Gasteiger partial charge in [0.2, 0.25) is 11.8 Å². The van der Waals surface area contributed by atoms with Gasteiger partial charge in [0.1, 0.15) is 6.04 Å². The van der Waals surface area contributed by atoms with Crippen molar-refractivity contribution in [2.24, 2.45) is 0 Å². The van der Waals surface area contributed by atoms with Crippen LogP contribution in [0.1, 0.15) is 30.0 Å². The van der Waals surface area contributed by atoms with Gasteiger partial charge in [0.15, 0.2) is 0 Å². The molecule has 0 heterocycles. The van der Waals surface area contributed by atoms with Crippen LogP contribution in [0.15, 0.2) is 83.3 Å². The summed E-state index contributed by atoms with van der Waals surface area (Å²) in [4.78, 5) is 39.6. The average Bonchev–Trinajstić information content (AvgIpc) is 2.85. The van der Waals surface area contributed by atoms with Crippen LogP contribution >= 0.6 is 15.9 Å². The largest absolute Gasteiger partial charge is 0.354 e. The number of amides is 2. The summed E-state index contributed by atoms with van der Waals surface area (Å²) in [5.74, 6) is -0.603. The van der Waals surface area contributed by atoms with E-state index in [2.05, 4.69) is 21.2 Å². The molecule has 0 bridgehead atoms. The maximum atomic E-state index is 13.7.